The highest BCUT2D eigenvalue weighted by Crippen LogP contribution is 2.19. The molecule has 104 valence electrons. The number of rotatable bonds is 9. The number of likely N-dealkylation sites (N-methyl/N-ethyl adjacent to an activating group) is 1. The molecular formula is C15H29N3. The first-order valence-electron chi connectivity index (χ1n) is 7.42. The first kappa shape index (κ1) is 15.2. The van der Waals surface area contributed by atoms with E-state index in [0.29, 0.717) is 6.04 Å². The molecule has 1 aromatic rings. The second-order valence-corrected chi connectivity index (χ2v) is 5.13. The van der Waals surface area contributed by atoms with E-state index in [9.17, 15) is 0 Å². The van der Waals surface area contributed by atoms with Crippen LogP contribution in [0.2, 0.25) is 0 Å². The predicted octanol–water partition coefficient (Wildman–Crippen LogP) is 3.16. The van der Waals surface area contributed by atoms with Crippen molar-refractivity contribution in [2.75, 3.05) is 6.54 Å². The van der Waals surface area contributed by atoms with Gasteiger partial charge in [0.1, 0.15) is 5.82 Å². The molecule has 0 saturated carbocycles. The van der Waals surface area contributed by atoms with Gasteiger partial charge in [0.15, 0.2) is 0 Å². The second-order valence-electron chi connectivity index (χ2n) is 5.13. The Hall–Kier alpha value is -0.830. The lowest BCUT2D eigenvalue weighted by molar-refractivity contribution is 0.314. The lowest BCUT2D eigenvalue weighted by Crippen LogP contribution is -2.38. The zero-order valence-corrected chi connectivity index (χ0v) is 12.4. The Morgan fingerprint density at radius 3 is 2.61 bits per heavy atom. The molecule has 3 heteroatoms. The van der Waals surface area contributed by atoms with Crippen LogP contribution in [0, 0.1) is 5.92 Å². The van der Waals surface area contributed by atoms with Gasteiger partial charge in [0.25, 0.3) is 0 Å². The molecule has 1 rings (SSSR count). The molecule has 0 aromatic carbocycles. The molecule has 0 radical (unpaired) electrons. The van der Waals surface area contributed by atoms with Gasteiger partial charge in [-0.3, -0.25) is 0 Å². The number of imidazole rings is 1. The van der Waals surface area contributed by atoms with E-state index < -0.39 is 0 Å². The van der Waals surface area contributed by atoms with E-state index >= 15 is 0 Å². The molecule has 0 aliphatic heterocycles. The fourth-order valence-electron chi connectivity index (χ4n) is 2.61. The Morgan fingerprint density at radius 2 is 2.11 bits per heavy atom. The number of hydrogen-bond acceptors (Lipinski definition) is 2. The number of nitrogens with zero attached hydrogens (tertiary/aromatic N) is 2. The summed E-state index contributed by atoms with van der Waals surface area (Å²) in [5.41, 5.74) is 0. The van der Waals surface area contributed by atoms with Crippen molar-refractivity contribution in [1.82, 2.24) is 14.9 Å². The standard InChI is InChI=1S/C15H29N3/c1-5-8-9-13(6-2)14(16-7-3)12-15-17-10-11-18(15)4/h10-11,13-14,16H,5-9,12H2,1-4H3. The third-order valence-electron chi connectivity index (χ3n) is 3.81. The third kappa shape index (κ3) is 4.45. The van der Waals surface area contributed by atoms with Crippen molar-refractivity contribution in [3.05, 3.63) is 18.2 Å². The number of nitrogens with one attached hydrogen (secondary N) is 1. The van der Waals surface area contributed by atoms with Gasteiger partial charge in [-0.05, 0) is 18.9 Å². The minimum absolute atomic E-state index is 0.563. The Morgan fingerprint density at radius 1 is 1.33 bits per heavy atom. The Balaban J connectivity index is 2.64. The number of aromatic nitrogens is 2. The first-order chi connectivity index (χ1) is 8.72. The molecule has 1 heterocycles. The maximum absolute atomic E-state index is 4.46. The van der Waals surface area contributed by atoms with Crippen LogP contribution in [0.3, 0.4) is 0 Å². The van der Waals surface area contributed by atoms with Crippen molar-refractivity contribution in [2.45, 2.75) is 58.9 Å². The second kappa shape index (κ2) is 8.30. The molecule has 0 spiro atoms. The highest BCUT2D eigenvalue weighted by Gasteiger charge is 2.20. The van der Waals surface area contributed by atoms with E-state index in [0.717, 1.165) is 18.9 Å². The number of aryl methyl sites for hydroxylation is 1. The topological polar surface area (TPSA) is 29.9 Å². The highest BCUT2D eigenvalue weighted by molar-refractivity contribution is 4.96. The molecule has 3 nitrogen and oxygen atoms in total. The predicted molar refractivity (Wildman–Crippen MR) is 77.7 cm³/mol. The molecule has 2 unspecified atom stereocenters. The van der Waals surface area contributed by atoms with Crippen molar-refractivity contribution < 1.29 is 0 Å². The quantitative estimate of drug-likeness (QED) is 0.730. The van der Waals surface area contributed by atoms with Crippen LogP contribution in [0.25, 0.3) is 0 Å². The highest BCUT2D eigenvalue weighted by atomic mass is 15.0. The smallest absolute Gasteiger partial charge is 0.109 e. The summed E-state index contributed by atoms with van der Waals surface area (Å²) in [5.74, 6) is 1.96. The van der Waals surface area contributed by atoms with Gasteiger partial charge in [-0.1, -0.05) is 40.0 Å². The molecule has 0 fully saturated rings. The maximum atomic E-state index is 4.46. The molecule has 0 saturated heterocycles. The number of hydrogen-bond donors (Lipinski definition) is 1. The molecule has 2 atom stereocenters. The van der Waals surface area contributed by atoms with Gasteiger partial charge in [-0.2, -0.15) is 0 Å². The van der Waals surface area contributed by atoms with Crippen molar-refractivity contribution in [3.8, 4) is 0 Å². The van der Waals surface area contributed by atoms with E-state index in [2.05, 4.69) is 42.7 Å². The molecule has 0 aliphatic carbocycles. The molecule has 1 N–H and O–H groups in total. The zero-order valence-electron chi connectivity index (χ0n) is 12.4. The van der Waals surface area contributed by atoms with Crippen LogP contribution in [-0.4, -0.2) is 22.1 Å². The van der Waals surface area contributed by atoms with Crippen LogP contribution in [0.4, 0.5) is 0 Å². The Labute approximate surface area is 112 Å². The van der Waals surface area contributed by atoms with Crippen molar-refractivity contribution in [2.24, 2.45) is 13.0 Å². The summed E-state index contributed by atoms with van der Waals surface area (Å²) < 4.78 is 2.14. The number of unbranched alkanes of at least 4 members (excludes halogenated alkanes) is 1. The average Bonchev–Trinajstić information content (AvgIpc) is 2.76. The summed E-state index contributed by atoms with van der Waals surface area (Å²) in [7, 11) is 2.08. The normalized spacial score (nSPS) is 14.7. The van der Waals surface area contributed by atoms with E-state index in [1.807, 2.05) is 12.4 Å². The van der Waals surface area contributed by atoms with E-state index in [-0.39, 0.29) is 0 Å². The SMILES string of the molecule is CCCCC(CC)C(Cc1nccn1C)NCC. The molecular weight excluding hydrogens is 222 g/mol. The van der Waals surface area contributed by atoms with Gasteiger partial charge >= 0.3 is 0 Å². The summed E-state index contributed by atoms with van der Waals surface area (Å²) >= 11 is 0. The van der Waals surface area contributed by atoms with Crippen LogP contribution in [-0.2, 0) is 13.5 Å². The lowest BCUT2D eigenvalue weighted by atomic mass is 9.89. The van der Waals surface area contributed by atoms with Crippen LogP contribution in [0.1, 0.15) is 52.3 Å². The van der Waals surface area contributed by atoms with Crippen molar-refractivity contribution in [3.63, 3.8) is 0 Å². The van der Waals surface area contributed by atoms with Gasteiger partial charge in [-0.25, -0.2) is 4.98 Å². The van der Waals surface area contributed by atoms with E-state index in [4.69, 9.17) is 0 Å². The third-order valence-corrected chi connectivity index (χ3v) is 3.81. The first-order valence-corrected chi connectivity index (χ1v) is 7.42. The Bertz CT molecular complexity index is 319. The van der Waals surface area contributed by atoms with E-state index in [1.165, 1.54) is 31.5 Å². The fourth-order valence-corrected chi connectivity index (χ4v) is 2.61. The lowest BCUT2D eigenvalue weighted by Gasteiger charge is -2.27. The van der Waals surface area contributed by atoms with E-state index in [1.54, 1.807) is 0 Å². The van der Waals surface area contributed by atoms with Gasteiger partial charge in [0.05, 0.1) is 0 Å². The van der Waals surface area contributed by atoms with Gasteiger partial charge in [0.2, 0.25) is 0 Å². The van der Waals surface area contributed by atoms with Crippen molar-refractivity contribution >= 4 is 0 Å². The molecule has 0 amide bonds. The monoisotopic (exact) mass is 251 g/mol. The van der Waals surface area contributed by atoms with Crippen LogP contribution in [0.5, 0.6) is 0 Å². The Kier molecular flexibility index (Phi) is 7.02. The van der Waals surface area contributed by atoms with Gasteiger partial charge < -0.3 is 9.88 Å². The van der Waals surface area contributed by atoms with Gasteiger partial charge in [-0.15, -0.1) is 0 Å². The van der Waals surface area contributed by atoms with Crippen LogP contribution >= 0.6 is 0 Å². The molecule has 18 heavy (non-hydrogen) atoms. The molecule has 0 aliphatic rings. The van der Waals surface area contributed by atoms with Gasteiger partial charge in [0, 0.05) is 31.9 Å². The van der Waals surface area contributed by atoms with Crippen LogP contribution in [0.15, 0.2) is 12.4 Å². The van der Waals surface area contributed by atoms with Crippen molar-refractivity contribution in [1.29, 1.82) is 0 Å². The minimum Gasteiger partial charge on any atom is -0.338 e. The van der Waals surface area contributed by atoms with Crippen LogP contribution < -0.4 is 5.32 Å². The summed E-state index contributed by atoms with van der Waals surface area (Å²) in [6, 6.07) is 0.563. The summed E-state index contributed by atoms with van der Waals surface area (Å²) in [5, 5.41) is 3.65. The molecule has 0 bridgehead atoms. The summed E-state index contributed by atoms with van der Waals surface area (Å²) in [6.07, 6.45) is 10.2. The molecule has 1 aromatic heterocycles. The average molecular weight is 251 g/mol. The summed E-state index contributed by atoms with van der Waals surface area (Å²) in [4.78, 5) is 4.46. The maximum Gasteiger partial charge on any atom is 0.109 e. The summed E-state index contributed by atoms with van der Waals surface area (Å²) in [6.45, 7) is 7.81. The zero-order chi connectivity index (χ0) is 13.4. The minimum atomic E-state index is 0.563. The fraction of sp³-hybridized carbons (Fsp3) is 0.800. The largest absolute Gasteiger partial charge is 0.338 e.